The molecule has 0 saturated carbocycles. The second kappa shape index (κ2) is 9.65. The molecule has 0 fully saturated rings. The summed E-state index contributed by atoms with van der Waals surface area (Å²) < 4.78 is 12.6. The molecule has 3 rings (SSSR count). The molecule has 0 spiro atoms. The minimum atomic E-state index is -0.433. The lowest BCUT2D eigenvalue weighted by atomic mass is 10.3. The summed E-state index contributed by atoms with van der Waals surface area (Å²) in [6.07, 6.45) is -0.433. The van der Waals surface area contributed by atoms with E-state index in [1.165, 1.54) is 11.8 Å². The number of carbonyl (C=O) groups excluding carboxylic acids is 1. The van der Waals surface area contributed by atoms with E-state index in [1.807, 2.05) is 52.4 Å². The molecule has 0 unspecified atom stereocenters. The van der Waals surface area contributed by atoms with E-state index in [9.17, 15) is 4.79 Å². The van der Waals surface area contributed by atoms with Crippen molar-refractivity contribution < 1.29 is 14.3 Å². The number of ether oxygens (including phenoxy) is 2. The van der Waals surface area contributed by atoms with Gasteiger partial charge in [0.15, 0.2) is 17.3 Å². The Bertz CT molecular complexity index is 849. The minimum Gasteiger partial charge on any atom is -0.354 e. The fourth-order valence-corrected chi connectivity index (χ4v) is 3.86. The number of thioether (sulfide) groups is 1. The molecule has 7 nitrogen and oxygen atoms in total. The third-order valence-electron chi connectivity index (χ3n) is 3.71. The van der Waals surface area contributed by atoms with Crippen molar-refractivity contribution in [3.8, 4) is 10.7 Å². The summed E-state index contributed by atoms with van der Waals surface area (Å²) >= 11 is 2.90. The first-order chi connectivity index (χ1) is 13.2. The van der Waals surface area contributed by atoms with Crippen LogP contribution in [0, 0.1) is 0 Å². The molecule has 1 aromatic carbocycles. The fraction of sp³-hybridized carbons (Fsp3) is 0.278. The van der Waals surface area contributed by atoms with Crippen LogP contribution in [0.5, 0.6) is 0 Å². The van der Waals surface area contributed by atoms with Gasteiger partial charge in [-0.05, 0) is 23.6 Å². The molecule has 3 aromatic rings. The Morgan fingerprint density at radius 3 is 2.63 bits per heavy atom. The Labute approximate surface area is 165 Å². The Hall–Kier alpha value is -2.20. The van der Waals surface area contributed by atoms with Crippen molar-refractivity contribution in [3.05, 3.63) is 47.8 Å². The Balaban J connectivity index is 1.73. The molecule has 2 heterocycles. The van der Waals surface area contributed by atoms with Gasteiger partial charge in [0.05, 0.1) is 17.2 Å². The fourth-order valence-electron chi connectivity index (χ4n) is 2.39. The number of aromatic nitrogens is 3. The van der Waals surface area contributed by atoms with E-state index in [-0.39, 0.29) is 11.7 Å². The van der Waals surface area contributed by atoms with Crippen molar-refractivity contribution in [2.75, 3.05) is 25.3 Å². The van der Waals surface area contributed by atoms with Crippen molar-refractivity contribution in [2.24, 2.45) is 0 Å². The molecular weight excluding hydrogens is 384 g/mol. The van der Waals surface area contributed by atoms with E-state index in [2.05, 4.69) is 15.5 Å². The van der Waals surface area contributed by atoms with Gasteiger partial charge in [0.25, 0.3) is 0 Å². The van der Waals surface area contributed by atoms with Gasteiger partial charge in [0.2, 0.25) is 5.91 Å². The van der Waals surface area contributed by atoms with Gasteiger partial charge in [-0.25, -0.2) is 0 Å². The first kappa shape index (κ1) is 19.6. The molecule has 0 atom stereocenters. The number of rotatable bonds is 9. The number of hydrogen-bond donors (Lipinski definition) is 1. The average molecular weight is 405 g/mol. The van der Waals surface area contributed by atoms with Crippen LogP contribution in [-0.4, -0.2) is 46.9 Å². The molecule has 27 heavy (non-hydrogen) atoms. The zero-order valence-corrected chi connectivity index (χ0v) is 16.6. The highest BCUT2D eigenvalue weighted by Crippen LogP contribution is 2.28. The van der Waals surface area contributed by atoms with E-state index in [1.54, 1.807) is 25.6 Å². The molecule has 1 amide bonds. The number of carbonyl (C=O) groups is 1. The summed E-state index contributed by atoms with van der Waals surface area (Å²) in [5.74, 6) is 0.853. The van der Waals surface area contributed by atoms with Crippen LogP contribution >= 0.6 is 23.1 Å². The highest BCUT2D eigenvalue weighted by molar-refractivity contribution is 7.99. The average Bonchev–Trinajstić information content (AvgIpc) is 3.35. The first-order valence-corrected chi connectivity index (χ1v) is 10.1. The van der Waals surface area contributed by atoms with E-state index < -0.39 is 6.29 Å². The second-order valence-electron chi connectivity index (χ2n) is 5.50. The van der Waals surface area contributed by atoms with Crippen molar-refractivity contribution in [2.45, 2.75) is 18.0 Å². The molecular formula is C18H20N4O3S2. The zero-order chi connectivity index (χ0) is 19.1. The highest BCUT2D eigenvalue weighted by Gasteiger charge is 2.19. The number of nitrogens with zero attached hydrogens (tertiary/aromatic N) is 3. The maximum atomic E-state index is 12.2. The van der Waals surface area contributed by atoms with Gasteiger partial charge < -0.3 is 14.8 Å². The summed E-state index contributed by atoms with van der Waals surface area (Å²) in [5, 5.41) is 14.1. The standard InChI is InChI=1S/C18H20N4O3S2/c1-24-16(25-2)11-22-17(14-9-6-10-26-14)20-21-18(22)27-12-15(23)19-13-7-4-3-5-8-13/h3-10,16H,11-12H2,1-2H3,(H,19,23). The van der Waals surface area contributed by atoms with Crippen LogP contribution in [0.2, 0.25) is 0 Å². The molecule has 1 N–H and O–H groups in total. The number of anilines is 1. The summed E-state index contributed by atoms with van der Waals surface area (Å²) in [5.41, 5.74) is 0.766. The lowest BCUT2D eigenvalue weighted by Crippen LogP contribution is -2.22. The van der Waals surface area contributed by atoms with Gasteiger partial charge in [-0.15, -0.1) is 21.5 Å². The lowest BCUT2D eigenvalue weighted by molar-refractivity contribution is -0.113. The van der Waals surface area contributed by atoms with Gasteiger partial charge in [0, 0.05) is 19.9 Å². The molecule has 0 aliphatic carbocycles. The van der Waals surface area contributed by atoms with Crippen molar-refractivity contribution in [1.29, 1.82) is 0 Å². The highest BCUT2D eigenvalue weighted by atomic mass is 32.2. The van der Waals surface area contributed by atoms with Crippen LogP contribution in [0.1, 0.15) is 0 Å². The van der Waals surface area contributed by atoms with Crippen LogP contribution < -0.4 is 5.32 Å². The second-order valence-corrected chi connectivity index (χ2v) is 7.39. The number of benzene rings is 1. The smallest absolute Gasteiger partial charge is 0.234 e. The van der Waals surface area contributed by atoms with Crippen LogP contribution in [0.25, 0.3) is 10.7 Å². The molecule has 0 bridgehead atoms. The van der Waals surface area contributed by atoms with E-state index in [4.69, 9.17) is 9.47 Å². The van der Waals surface area contributed by atoms with Gasteiger partial charge in [0.1, 0.15) is 0 Å². The molecule has 142 valence electrons. The number of hydrogen-bond acceptors (Lipinski definition) is 7. The normalized spacial score (nSPS) is 11.1. The van der Waals surface area contributed by atoms with E-state index >= 15 is 0 Å². The van der Waals surface area contributed by atoms with E-state index in [0.717, 1.165) is 16.4 Å². The molecule has 0 aliphatic heterocycles. The Kier molecular flexibility index (Phi) is 6.99. The monoisotopic (exact) mass is 404 g/mol. The van der Waals surface area contributed by atoms with Crippen molar-refractivity contribution in [1.82, 2.24) is 14.8 Å². The summed E-state index contributed by atoms with van der Waals surface area (Å²) in [6, 6.07) is 13.3. The van der Waals surface area contributed by atoms with Crippen LogP contribution in [0.4, 0.5) is 5.69 Å². The topological polar surface area (TPSA) is 78.3 Å². The van der Waals surface area contributed by atoms with Gasteiger partial charge >= 0.3 is 0 Å². The Morgan fingerprint density at radius 2 is 1.96 bits per heavy atom. The lowest BCUT2D eigenvalue weighted by Gasteiger charge is -2.16. The Morgan fingerprint density at radius 1 is 1.19 bits per heavy atom. The van der Waals surface area contributed by atoms with Crippen LogP contribution in [0.3, 0.4) is 0 Å². The summed E-state index contributed by atoms with van der Waals surface area (Å²) in [4.78, 5) is 13.2. The van der Waals surface area contributed by atoms with Crippen molar-refractivity contribution in [3.63, 3.8) is 0 Å². The third-order valence-corrected chi connectivity index (χ3v) is 5.54. The number of thiophene rings is 1. The number of para-hydroxylation sites is 1. The van der Waals surface area contributed by atoms with Gasteiger partial charge in [-0.2, -0.15) is 0 Å². The predicted octanol–water partition coefficient (Wildman–Crippen LogP) is 3.36. The largest absolute Gasteiger partial charge is 0.354 e. The number of nitrogens with one attached hydrogen (secondary N) is 1. The number of amides is 1. The van der Waals surface area contributed by atoms with Gasteiger partial charge in [-0.1, -0.05) is 36.0 Å². The van der Waals surface area contributed by atoms with Crippen LogP contribution in [0.15, 0.2) is 53.0 Å². The van der Waals surface area contributed by atoms with Gasteiger partial charge in [-0.3, -0.25) is 9.36 Å². The van der Waals surface area contributed by atoms with E-state index in [0.29, 0.717) is 11.7 Å². The molecule has 0 radical (unpaired) electrons. The maximum absolute atomic E-state index is 12.2. The maximum Gasteiger partial charge on any atom is 0.234 e. The quantitative estimate of drug-likeness (QED) is 0.435. The zero-order valence-electron chi connectivity index (χ0n) is 15.0. The molecule has 0 aliphatic rings. The SMILES string of the molecule is COC(Cn1c(SCC(=O)Nc2ccccc2)nnc1-c1cccs1)OC. The third kappa shape index (κ3) is 5.16. The first-order valence-electron chi connectivity index (χ1n) is 8.21. The molecule has 9 heteroatoms. The summed E-state index contributed by atoms with van der Waals surface area (Å²) in [6.45, 7) is 0.426. The minimum absolute atomic E-state index is 0.103. The van der Waals surface area contributed by atoms with Crippen LogP contribution in [-0.2, 0) is 20.8 Å². The number of methoxy groups -OCH3 is 2. The predicted molar refractivity (Wildman–Crippen MR) is 107 cm³/mol. The van der Waals surface area contributed by atoms with Crippen molar-refractivity contribution >= 4 is 34.7 Å². The summed E-state index contributed by atoms with van der Waals surface area (Å²) in [7, 11) is 3.17. The molecule has 2 aromatic heterocycles. The molecule has 0 saturated heterocycles.